The zero-order valence-electron chi connectivity index (χ0n) is 11.8. The molecule has 1 fully saturated rings. The molecule has 0 spiro atoms. The van der Waals surface area contributed by atoms with Gasteiger partial charge in [-0.2, -0.15) is 0 Å². The summed E-state index contributed by atoms with van der Waals surface area (Å²) in [6, 6.07) is 6.10. The fourth-order valence-electron chi connectivity index (χ4n) is 2.83. The van der Waals surface area contributed by atoms with Gasteiger partial charge in [-0.1, -0.05) is 6.07 Å². The first-order chi connectivity index (χ1) is 9.66. The second-order valence-electron chi connectivity index (χ2n) is 5.21. The Morgan fingerprint density at radius 2 is 2.25 bits per heavy atom. The maximum atomic E-state index is 11.7. The lowest BCUT2D eigenvalue weighted by Gasteiger charge is -2.23. The van der Waals surface area contributed by atoms with Crippen LogP contribution in [-0.2, 0) is 11.8 Å². The van der Waals surface area contributed by atoms with Gasteiger partial charge in [0.15, 0.2) is 0 Å². The third-order valence-electron chi connectivity index (χ3n) is 3.85. The summed E-state index contributed by atoms with van der Waals surface area (Å²) < 4.78 is 1.95. The van der Waals surface area contributed by atoms with Crippen molar-refractivity contribution >= 4 is 5.91 Å². The molecule has 20 heavy (non-hydrogen) atoms. The van der Waals surface area contributed by atoms with Gasteiger partial charge in [-0.25, -0.2) is 9.97 Å². The number of imidazole rings is 1. The monoisotopic (exact) mass is 270 g/mol. The number of carbonyl (C=O) groups is 1. The first kappa shape index (κ1) is 12.8. The van der Waals surface area contributed by atoms with Gasteiger partial charge in [-0.15, -0.1) is 0 Å². The fraction of sp³-hybridized carbons (Fsp3) is 0.400. The molecule has 3 heterocycles. The van der Waals surface area contributed by atoms with Crippen molar-refractivity contribution in [3.8, 4) is 11.4 Å². The van der Waals surface area contributed by atoms with Gasteiger partial charge in [-0.05, 0) is 25.0 Å². The Balaban J connectivity index is 1.96. The summed E-state index contributed by atoms with van der Waals surface area (Å²) in [6.45, 7) is 2.46. The molecule has 1 amide bonds. The number of pyridine rings is 1. The molecule has 2 aromatic heterocycles. The summed E-state index contributed by atoms with van der Waals surface area (Å²) in [5.74, 6) is 0.125. The second kappa shape index (κ2) is 5.07. The molecule has 1 aliphatic heterocycles. The number of hydrogen-bond acceptors (Lipinski definition) is 3. The molecular formula is C15H18N4O. The van der Waals surface area contributed by atoms with Gasteiger partial charge in [-0.3, -0.25) is 4.79 Å². The van der Waals surface area contributed by atoms with Crippen LogP contribution >= 0.6 is 0 Å². The van der Waals surface area contributed by atoms with Crippen molar-refractivity contribution in [2.24, 2.45) is 7.05 Å². The Kier molecular flexibility index (Phi) is 3.26. The number of carbonyl (C=O) groups excluding carboxylic acids is 1. The molecule has 1 aliphatic rings. The molecular weight excluding hydrogens is 252 g/mol. The average molecular weight is 270 g/mol. The molecule has 0 saturated carbocycles. The molecule has 1 atom stereocenters. The number of nitrogens with zero attached hydrogens (tertiary/aromatic N) is 4. The Labute approximate surface area is 118 Å². The zero-order valence-corrected chi connectivity index (χ0v) is 11.8. The van der Waals surface area contributed by atoms with E-state index in [0.717, 1.165) is 36.5 Å². The highest BCUT2D eigenvalue weighted by Crippen LogP contribution is 2.31. The van der Waals surface area contributed by atoms with Gasteiger partial charge < -0.3 is 9.47 Å². The van der Waals surface area contributed by atoms with Gasteiger partial charge in [0.05, 0.1) is 35.6 Å². The lowest BCUT2D eigenvalue weighted by molar-refractivity contribution is -0.129. The van der Waals surface area contributed by atoms with Gasteiger partial charge in [0.1, 0.15) is 0 Å². The van der Waals surface area contributed by atoms with Crippen molar-refractivity contribution in [3.63, 3.8) is 0 Å². The molecule has 0 radical (unpaired) electrons. The van der Waals surface area contributed by atoms with Gasteiger partial charge in [0.2, 0.25) is 5.91 Å². The Morgan fingerprint density at radius 3 is 2.95 bits per heavy atom. The van der Waals surface area contributed by atoms with Crippen LogP contribution in [0, 0.1) is 0 Å². The van der Waals surface area contributed by atoms with E-state index in [1.807, 2.05) is 40.9 Å². The second-order valence-corrected chi connectivity index (χ2v) is 5.21. The standard InChI is InChI=1S/C15H18N4O/c1-11(20)19-8-4-7-14(19)12-5-3-6-13(17-12)15-9-16-10-18(15)2/h3,5-6,9-10,14H,4,7-8H2,1-2H3/t14-/m1/s1. The maximum Gasteiger partial charge on any atom is 0.220 e. The van der Waals surface area contributed by atoms with E-state index >= 15 is 0 Å². The van der Waals surface area contributed by atoms with Crippen molar-refractivity contribution in [3.05, 3.63) is 36.4 Å². The molecule has 2 aromatic rings. The molecule has 1 saturated heterocycles. The van der Waals surface area contributed by atoms with Crippen LogP contribution in [-0.4, -0.2) is 31.9 Å². The summed E-state index contributed by atoms with van der Waals surface area (Å²) in [6.07, 6.45) is 5.61. The summed E-state index contributed by atoms with van der Waals surface area (Å²) >= 11 is 0. The predicted molar refractivity (Wildman–Crippen MR) is 75.8 cm³/mol. The van der Waals surface area contributed by atoms with E-state index in [2.05, 4.69) is 4.98 Å². The van der Waals surface area contributed by atoms with Gasteiger partial charge in [0.25, 0.3) is 0 Å². The molecule has 0 unspecified atom stereocenters. The Morgan fingerprint density at radius 1 is 1.40 bits per heavy atom. The van der Waals surface area contributed by atoms with Crippen LogP contribution in [0.1, 0.15) is 31.5 Å². The Bertz CT molecular complexity index is 634. The summed E-state index contributed by atoms with van der Waals surface area (Å²) in [5, 5.41) is 0. The zero-order chi connectivity index (χ0) is 14.1. The highest BCUT2D eigenvalue weighted by molar-refractivity contribution is 5.74. The SMILES string of the molecule is CC(=O)N1CCC[C@@H]1c1cccc(-c2cncn2C)n1. The number of likely N-dealkylation sites (tertiary alicyclic amines) is 1. The third-order valence-corrected chi connectivity index (χ3v) is 3.85. The van der Waals surface area contributed by atoms with Crippen molar-refractivity contribution in [2.45, 2.75) is 25.8 Å². The minimum absolute atomic E-state index is 0.112. The van der Waals surface area contributed by atoms with Crippen LogP contribution in [0.5, 0.6) is 0 Å². The molecule has 5 nitrogen and oxygen atoms in total. The lowest BCUT2D eigenvalue weighted by atomic mass is 10.1. The summed E-state index contributed by atoms with van der Waals surface area (Å²) in [5.41, 5.74) is 2.86. The highest BCUT2D eigenvalue weighted by Gasteiger charge is 2.29. The number of amides is 1. The van der Waals surface area contributed by atoms with Crippen LogP contribution in [0.25, 0.3) is 11.4 Å². The maximum absolute atomic E-state index is 11.7. The quantitative estimate of drug-likeness (QED) is 0.840. The van der Waals surface area contributed by atoms with E-state index in [9.17, 15) is 4.79 Å². The van der Waals surface area contributed by atoms with E-state index in [0.29, 0.717) is 0 Å². The summed E-state index contributed by atoms with van der Waals surface area (Å²) in [4.78, 5) is 22.5. The van der Waals surface area contributed by atoms with Crippen LogP contribution in [0.4, 0.5) is 0 Å². The molecule has 5 heteroatoms. The topological polar surface area (TPSA) is 51.0 Å². The third kappa shape index (κ3) is 2.19. The van der Waals surface area contributed by atoms with Crippen molar-refractivity contribution < 1.29 is 4.79 Å². The molecule has 0 aromatic carbocycles. The van der Waals surface area contributed by atoms with Crippen LogP contribution in [0.3, 0.4) is 0 Å². The average Bonchev–Trinajstić information content (AvgIpc) is 3.07. The molecule has 0 aliphatic carbocycles. The van der Waals surface area contributed by atoms with Gasteiger partial charge >= 0.3 is 0 Å². The smallest absolute Gasteiger partial charge is 0.220 e. The largest absolute Gasteiger partial charge is 0.334 e. The van der Waals surface area contributed by atoms with Crippen molar-refractivity contribution in [1.29, 1.82) is 0 Å². The van der Waals surface area contributed by atoms with E-state index in [-0.39, 0.29) is 11.9 Å². The predicted octanol–water partition coefficient (Wildman–Crippen LogP) is 2.17. The van der Waals surface area contributed by atoms with E-state index < -0.39 is 0 Å². The van der Waals surface area contributed by atoms with Crippen LogP contribution in [0.15, 0.2) is 30.7 Å². The molecule has 0 N–H and O–H groups in total. The molecule has 0 bridgehead atoms. The van der Waals surface area contributed by atoms with Crippen molar-refractivity contribution in [2.75, 3.05) is 6.54 Å². The minimum atomic E-state index is 0.112. The number of aryl methyl sites for hydroxylation is 1. The first-order valence-electron chi connectivity index (χ1n) is 6.87. The highest BCUT2D eigenvalue weighted by atomic mass is 16.2. The van der Waals surface area contributed by atoms with Crippen LogP contribution in [0.2, 0.25) is 0 Å². The number of aromatic nitrogens is 3. The number of rotatable bonds is 2. The van der Waals surface area contributed by atoms with E-state index in [4.69, 9.17) is 4.98 Å². The minimum Gasteiger partial charge on any atom is -0.334 e. The van der Waals surface area contributed by atoms with Crippen LogP contribution < -0.4 is 0 Å². The van der Waals surface area contributed by atoms with E-state index in [1.54, 1.807) is 13.3 Å². The number of hydrogen-bond donors (Lipinski definition) is 0. The Hall–Kier alpha value is -2.17. The normalized spacial score (nSPS) is 18.5. The summed E-state index contributed by atoms with van der Waals surface area (Å²) in [7, 11) is 1.95. The molecule has 3 rings (SSSR count). The van der Waals surface area contributed by atoms with Gasteiger partial charge in [0, 0.05) is 20.5 Å². The lowest BCUT2D eigenvalue weighted by Crippen LogP contribution is -2.28. The molecule has 104 valence electrons. The fourth-order valence-corrected chi connectivity index (χ4v) is 2.83. The van der Waals surface area contributed by atoms with E-state index in [1.165, 1.54) is 0 Å². The van der Waals surface area contributed by atoms with Crippen molar-refractivity contribution in [1.82, 2.24) is 19.4 Å². The first-order valence-corrected chi connectivity index (χ1v) is 6.87.